The first-order chi connectivity index (χ1) is 26.0. The second-order valence-corrected chi connectivity index (χ2v) is 16.4. The molecule has 0 aliphatic carbocycles. The number of rotatable bonds is 37. The van der Waals surface area contributed by atoms with Crippen molar-refractivity contribution in [3.8, 4) is 0 Å². The normalized spacial score (nSPS) is 14.3. The van der Waals surface area contributed by atoms with Gasteiger partial charge in [-0.2, -0.15) is 0 Å². The Morgan fingerprint density at radius 1 is 0.574 bits per heavy atom. The highest BCUT2D eigenvalue weighted by molar-refractivity contribution is 7.45. The molecule has 0 aromatic carbocycles. The van der Waals surface area contributed by atoms with E-state index in [1.54, 1.807) is 0 Å². The van der Waals surface area contributed by atoms with E-state index in [-0.39, 0.29) is 26.1 Å². The van der Waals surface area contributed by atoms with Crippen LogP contribution in [0, 0.1) is 0 Å². The molecule has 0 aromatic rings. The van der Waals surface area contributed by atoms with Crippen LogP contribution in [0.1, 0.15) is 155 Å². The van der Waals surface area contributed by atoms with Gasteiger partial charge in [0, 0.05) is 12.8 Å². The first-order valence-corrected chi connectivity index (χ1v) is 22.5. The number of carbonyl (C=O) groups is 2. The van der Waals surface area contributed by atoms with Crippen molar-refractivity contribution >= 4 is 19.8 Å². The maximum Gasteiger partial charge on any atom is 0.306 e. The van der Waals surface area contributed by atoms with Crippen LogP contribution in [0.2, 0.25) is 0 Å². The van der Waals surface area contributed by atoms with Crippen LogP contribution in [0.3, 0.4) is 0 Å². The van der Waals surface area contributed by atoms with Crippen LogP contribution in [-0.4, -0.2) is 70.0 Å². The van der Waals surface area contributed by atoms with E-state index >= 15 is 0 Å². The molecule has 0 spiro atoms. The molecule has 0 amide bonds. The second-order valence-electron chi connectivity index (χ2n) is 15.0. The number of ether oxygens (including phenoxy) is 2. The summed E-state index contributed by atoms with van der Waals surface area (Å²) in [6.07, 6.45) is 42.5. The van der Waals surface area contributed by atoms with Gasteiger partial charge in [0.25, 0.3) is 7.82 Å². The first kappa shape index (κ1) is 51.7. The van der Waals surface area contributed by atoms with E-state index in [9.17, 15) is 19.0 Å². The first-order valence-electron chi connectivity index (χ1n) is 21.0. The molecule has 9 nitrogen and oxygen atoms in total. The summed E-state index contributed by atoms with van der Waals surface area (Å²) in [7, 11) is 1.13. The lowest BCUT2D eigenvalue weighted by Crippen LogP contribution is -2.37. The number of quaternary nitrogens is 1. The molecular formula is C44H78NO8P. The second kappa shape index (κ2) is 36.4. The Morgan fingerprint density at radius 2 is 1.02 bits per heavy atom. The number of phosphoric ester groups is 1. The summed E-state index contributed by atoms with van der Waals surface area (Å²) < 4.78 is 33.8. The molecule has 10 heteroatoms. The molecular weight excluding hydrogens is 701 g/mol. The summed E-state index contributed by atoms with van der Waals surface area (Å²) in [5.74, 6) is -0.888. The number of carbonyl (C=O) groups excluding carboxylic acids is 2. The summed E-state index contributed by atoms with van der Waals surface area (Å²) in [6.45, 7) is 4.09. The van der Waals surface area contributed by atoms with Crippen LogP contribution in [-0.2, 0) is 32.7 Å². The van der Waals surface area contributed by atoms with Crippen molar-refractivity contribution in [2.45, 2.75) is 161 Å². The Hall–Kier alpha value is -2.29. The highest BCUT2D eigenvalue weighted by atomic mass is 31.2. The molecule has 0 bridgehead atoms. The number of allylic oxidation sites excluding steroid dienone is 10. The lowest BCUT2D eigenvalue weighted by atomic mass is 10.1. The van der Waals surface area contributed by atoms with Crippen LogP contribution < -0.4 is 4.89 Å². The third-order valence-electron chi connectivity index (χ3n) is 8.51. The molecule has 1 unspecified atom stereocenters. The molecule has 0 aliphatic heterocycles. The molecule has 0 N–H and O–H groups in total. The van der Waals surface area contributed by atoms with Gasteiger partial charge in [-0.15, -0.1) is 0 Å². The minimum absolute atomic E-state index is 0.0412. The fourth-order valence-corrected chi connectivity index (χ4v) is 5.87. The summed E-state index contributed by atoms with van der Waals surface area (Å²) in [5.41, 5.74) is 0. The van der Waals surface area contributed by atoms with Crippen molar-refractivity contribution in [1.82, 2.24) is 0 Å². The quantitative estimate of drug-likeness (QED) is 0.0201. The Morgan fingerprint density at radius 3 is 1.57 bits per heavy atom. The smallest absolute Gasteiger partial charge is 0.306 e. The van der Waals surface area contributed by atoms with Gasteiger partial charge < -0.3 is 27.9 Å². The van der Waals surface area contributed by atoms with Crippen molar-refractivity contribution in [2.75, 3.05) is 47.5 Å². The van der Waals surface area contributed by atoms with Gasteiger partial charge in [0.1, 0.15) is 19.8 Å². The lowest BCUT2D eigenvalue weighted by Gasteiger charge is -2.28. The zero-order valence-electron chi connectivity index (χ0n) is 34.9. The number of nitrogens with zero attached hydrogens (tertiary/aromatic N) is 1. The highest BCUT2D eigenvalue weighted by Crippen LogP contribution is 2.38. The molecule has 0 fully saturated rings. The predicted molar refractivity (Wildman–Crippen MR) is 222 cm³/mol. The molecule has 0 saturated heterocycles. The Kier molecular flexibility index (Phi) is 34.8. The van der Waals surface area contributed by atoms with Crippen molar-refractivity contribution in [2.24, 2.45) is 0 Å². The van der Waals surface area contributed by atoms with Crippen LogP contribution in [0.5, 0.6) is 0 Å². The molecule has 0 aliphatic rings. The Labute approximate surface area is 330 Å². The van der Waals surface area contributed by atoms with Gasteiger partial charge in [0.2, 0.25) is 0 Å². The summed E-state index contributed by atoms with van der Waals surface area (Å²) in [6, 6.07) is 0. The fraction of sp³-hybridized carbons (Fsp3) is 0.727. The van der Waals surface area contributed by atoms with Crippen LogP contribution in [0.25, 0.3) is 0 Å². The van der Waals surface area contributed by atoms with Crippen molar-refractivity contribution in [1.29, 1.82) is 0 Å². The number of likely N-dealkylation sites (N-methyl/N-ethyl adjacent to an activating group) is 1. The molecule has 54 heavy (non-hydrogen) atoms. The van der Waals surface area contributed by atoms with Crippen molar-refractivity contribution in [3.63, 3.8) is 0 Å². The van der Waals surface area contributed by atoms with Crippen molar-refractivity contribution in [3.05, 3.63) is 60.8 Å². The van der Waals surface area contributed by atoms with Gasteiger partial charge >= 0.3 is 11.9 Å². The van der Waals surface area contributed by atoms with Gasteiger partial charge in [0.15, 0.2) is 6.10 Å². The van der Waals surface area contributed by atoms with Gasteiger partial charge in [-0.25, -0.2) is 0 Å². The van der Waals surface area contributed by atoms with Gasteiger partial charge in [-0.05, 0) is 77.0 Å². The SMILES string of the molecule is CCCC/C=C/CCCCCCCC(=O)OC[C@H](COP(=O)([O-])OCC[N+](C)(C)C)OC(=O)CCCCC/C=C/C/C=C/C/C=C/C/C=C/CCCCC. The third-order valence-corrected chi connectivity index (χ3v) is 9.47. The number of hydrogen-bond acceptors (Lipinski definition) is 8. The Bertz CT molecular complexity index is 1110. The van der Waals surface area contributed by atoms with E-state index in [2.05, 4.69) is 74.6 Å². The summed E-state index contributed by atoms with van der Waals surface area (Å²) in [4.78, 5) is 37.4. The average molecular weight is 780 g/mol. The van der Waals surface area contributed by atoms with Gasteiger partial charge in [0.05, 0.1) is 27.7 Å². The minimum Gasteiger partial charge on any atom is -0.756 e. The zero-order valence-corrected chi connectivity index (χ0v) is 35.8. The van der Waals surface area contributed by atoms with E-state index in [1.165, 1.54) is 38.5 Å². The number of hydrogen-bond donors (Lipinski definition) is 0. The van der Waals surface area contributed by atoms with Crippen LogP contribution in [0.4, 0.5) is 0 Å². The summed E-state index contributed by atoms with van der Waals surface area (Å²) in [5, 5.41) is 0. The predicted octanol–water partition coefficient (Wildman–Crippen LogP) is 11.1. The number of esters is 2. The highest BCUT2D eigenvalue weighted by Gasteiger charge is 2.21. The van der Waals surface area contributed by atoms with Crippen LogP contribution in [0.15, 0.2) is 60.8 Å². The van der Waals surface area contributed by atoms with Gasteiger partial charge in [-0.1, -0.05) is 126 Å². The lowest BCUT2D eigenvalue weighted by molar-refractivity contribution is -0.870. The van der Waals surface area contributed by atoms with E-state index in [1.807, 2.05) is 21.1 Å². The molecule has 0 radical (unpaired) electrons. The molecule has 0 heterocycles. The van der Waals surface area contributed by atoms with Crippen molar-refractivity contribution < 1.29 is 42.1 Å². The fourth-order valence-electron chi connectivity index (χ4n) is 5.15. The van der Waals surface area contributed by atoms with E-state index in [0.717, 1.165) is 77.0 Å². The summed E-state index contributed by atoms with van der Waals surface area (Å²) >= 11 is 0. The molecule has 2 atom stereocenters. The van der Waals surface area contributed by atoms with Gasteiger partial charge in [-0.3, -0.25) is 14.2 Å². The number of phosphoric acid groups is 1. The monoisotopic (exact) mass is 780 g/mol. The van der Waals surface area contributed by atoms with E-state index in [4.69, 9.17) is 18.5 Å². The number of unbranched alkanes of at least 4 members (excludes halogenated alkanes) is 13. The molecule has 0 saturated carbocycles. The van der Waals surface area contributed by atoms with Crippen LogP contribution >= 0.6 is 7.82 Å². The zero-order chi connectivity index (χ0) is 40.0. The minimum atomic E-state index is -4.63. The maximum absolute atomic E-state index is 12.6. The maximum atomic E-state index is 12.6. The molecule has 0 aromatic heterocycles. The topological polar surface area (TPSA) is 111 Å². The third kappa shape index (κ3) is 39.4. The molecule has 312 valence electrons. The average Bonchev–Trinajstić information content (AvgIpc) is 3.12. The Balaban J connectivity index is 4.46. The molecule has 0 rings (SSSR count). The largest absolute Gasteiger partial charge is 0.756 e. The van der Waals surface area contributed by atoms with E-state index in [0.29, 0.717) is 23.9 Å². The van der Waals surface area contributed by atoms with E-state index < -0.39 is 32.5 Å². The standard InChI is InChI=1S/C44H78NO8P/c1-6-8-10-12-14-16-18-19-20-21-22-23-24-25-27-29-31-33-35-37-44(47)53-42(41-52-54(48,49)51-39-38-45(3,4)5)40-50-43(46)36-34-32-30-28-26-17-15-13-11-9-7-2/h13-16,19-20,22-23,25,27,42H,6-12,17-18,21,24,26,28-41H2,1-5H3/b15-13+,16-14+,20-19+,23-22+,27-25+/t42-/m1/s1.